The Kier molecular flexibility index (Phi) is 2.48. The number of amides is 1. The second kappa shape index (κ2) is 3.82. The summed E-state index contributed by atoms with van der Waals surface area (Å²) in [6.45, 7) is 0. The van der Waals surface area contributed by atoms with Gasteiger partial charge in [0.15, 0.2) is 14.6 Å². The van der Waals surface area contributed by atoms with E-state index < -0.39 is 14.6 Å². The van der Waals surface area contributed by atoms with Crippen molar-refractivity contribution < 1.29 is 13.2 Å². The molecule has 1 aromatic rings. The van der Waals surface area contributed by atoms with Crippen molar-refractivity contribution in [2.24, 2.45) is 0 Å². The molecule has 96 valence electrons. The van der Waals surface area contributed by atoms with Crippen molar-refractivity contribution in [3.63, 3.8) is 0 Å². The van der Waals surface area contributed by atoms with Crippen molar-refractivity contribution >= 4 is 21.4 Å². The number of carbonyl (C=O) groups is 1. The monoisotopic (exact) mass is 265 g/mol. The van der Waals surface area contributed by atoms with Crippen LogP contribution in [-0.2, 0) is 14.6 Å². The quantitative estimate of drug-likeness (QED) is 0.781. The lowest BCUT2D eigenvalue weighted by molar-refractivity contribution is -0.119. The summed E-state index contributed by atoms with van der Waals surface area (Å²) in [4.78, 5) is 12.5. The number of anilines is 1. The van der Waals surface area contributed by atoms with Gasteiger partial charge in [-0.1, -0.05) is 31.4 Å². The minimum absolute atomic E-state index is 0.270. The molecule has 1 fully saturated rings. The normalized spacial score (nSPS) is 24.3. The summed E-state index contributed by atoms with van der Waals surface area (Å²) < 4.78 is 24.2. The Hall–Kier alpha value is -1.36. The molecule has 1 N–H and O–H groups in total. The fourth-order valence-electron chi connectivity index (χ4n) is 2.99. The van der Waals surface area contributed by atoms with Gasteiger partial charge in [-0.05, 0) is 25.0 Å². The topological polar surface area (TPSA) is 63.2 Å². The van der Waals surface area contributed by atoms with Crippen LogP contribution in [0.3, 0.4) is 0 Å². The Bertz CT molecular complexity index is 600. The third kappa shape index (κ3) is 1.37. The molecule has 0 bridgehead atoms. The van der Waals surface area contributed by atoms with Crippen LogP contribution in [0.5, 0.6) is 0 Å². The zero-order valence-electron chi connectivity index (χ0n) is 9.98. The largest absolute Gasteiger partial charge is 0.324 e. The maximum Gasteiger partial charge on any atom is 0.246 e. The Balaban J connectivity index is 2.22. The molecular formula is C13H15NO3S. The van der Waals surface area contributed by atoms with Gasteiger partial charge in [0, 0.05) is 0 Å². The molecule has 1 saturated carbocycles. The molecular weight excluding hydrogens is 250 g/mol. The molecule has 0 saturated heterocycles. The van der Waals surface area contributed by atoms with Gasteiger partial charge in [-0.2, -0.15) is 0 Å². The first-order valence-electron chi connectivity index (χ1n) is 6.23. The van der Waals surface area contributed by atoms with Crippen LogP contribution < -0.4 is 5.32 Å². The first-order valence-corrected chi connectivity index (χ1v) is 7.71. The molecule has 4 nitrogen and oxygen atoms in total. The van der Waals surface area contributed by atoms with Gasteiger partial charge in [-0.25, -0.2) is 8.42 Å². The number of hydrogen-bond acceptors (Lipinski definition) is 3. The number of nitrogens with one attached hydrogen (secondary N) is 1. The van der Waals surface area contributed by atoms with Gasteiger partial charge in [0.25, 0.3) is 0 Å². The lowest BCUT2D eigenvalue weighted by Crippen LogP contribution is -2.53. The zero-order valence-corrected chi connectivity index (χ0v) is 10.8. The highest BCUT2D eigenvalue weighted by Crippen LogP contribution is 2.44. The fourth-order valence-corrected chi connectivity index (χ4v) is 5.20. The van der Waals surface area contributed by atoms with E-state index in [0.717, 1.165) is 19.3 Å². The predicted octanol–water partition coefficient (Wildman–Crippen LogP) is 2.12. The van der Waals surface area contributed by atoms with Crippen LogP contribution in [0.15, 0.2) is 29.2 Å². The summed E-state index contributed by atoms with van der Waals surface area (Å²) in [5, 5.41) is 2.76. The first-order chi connectivity index (χ1) is 8.58. The van der Waals surface area contributed by atoms with Crippen molar-refractivity contribution in [3.8, 4) is 0 Å². The summed E-state index contributed by atoms with van der Waals surface area (Å²) in [7, 11) is -3.57. The smallest absolute Gasteiger partial charge is 0.246 e. The van der Waals surface area contributed by atoms with Crippen molar-refractivity contribution in [2.75, 3.05) is 5.32 Å². The van der Waals surface area contributed by atoms with E-state index in [1.54, 1.807) is 24.3 Å². The third-order valence-corrected chi connectivity index (χ3v) is 6.57. The molecule has 0 aromatic heterocycles. The maximum atomic E-state index is 12.7. The number of carbonyl (C=O) groups excluding carboxylic acids is 1. The maximum absolute atomic E-state index is 12.7. The molecule has 5 heteroatoms. The lowest BCUT2D eigenvalue weighted by Gasteiger charge is -2.38. The highest BCUT2D eigenvalue weighted by Gasteiger charge is 2.54. The molecule has 0 radical (unpaired) electrons. The summed E-state index contributed by atoms with van der Waals surface area (Å²) in [5.41, 5.74) is 0.415. The third-order valence-electron chi connectivity index (χ3n) is 4.01. The molecule has 0 atom stereocenters. The van der Waals surface area contributed by atoms with Crippen LogP contribution in [-0.4, -0.2) is 19.1 Å². The van der Waals surface area contributed by atoms with E-state index in [-0.39, 0.29) is 10.8 Å². The van der Waals surface area contributed by atoms with E-state index in [0.29, 0.717) is 18.5 Å². The van der Waals surface area contributed by atoms with Crippen LogP contribution in [0.4, 0.5) is 5.69 Å². The summed E-state index contributed by atoms with van der Waals surface area (Å²) in [6.07, 6.45) is 3.49. The van der Waals surface area contributed by atoms with Crippen LogP contribution in [0, 0.1) is 0 Å². The Morgan fingerprint density at radius 3 is 2.44 bits per heavy atom. The molecule has 0 unspecified atom stereocenters. The minimum Gasteiger partial charge on any atom is -0.324 e. The number of rotatable bonds is 0. The SMILES string of the molecule is O=C1Nc2ccccc2S(=O)(=O)C12CCCCC2. The highest BCUT2D eigenvalue weighted by molar-refractivity contribution is 7.94. The molecule has 1 heterocycles. The van der Waals surface area contributed by atoms with Gasteiger partial charge in [-0.3, -0.25) is 4.79 Å². The van der Waals surface area contributed by atoms with Crippen molar-refractivity contribution in [3.05, 3.63) is 24.3 Å². The summed E-state index contributed by atoms with van der Waals surface area (Å²) in [5.74, 6) is -0.346. The van der Waals surface area contributed by atoms with E-state index in [9.17, 15) is 13.2 Å². The van der Waals surface area contributed by atoms with Crippen molar-refractivity contribution in [1.82, 2.24) is 0 Å². The zero-order chi connectivity index (χ0) is 12.8. The molecule has 18 heavy (non-hydrogen) atoms. The standard InChI is InChI=1S/C13H15NO3S/c15-12-13(8-4-1-5-9-13)18(16,17)11-7-3-2-6-10(11)14-12/h2-3,6-7H,1,4-5,8-9H2,(H,14,15). The lowest BCUT2D eigenvalue weighted by atomic mass is 9.87. The van der Waals surface area contributed by atoms with Crippen LogP contribution in [0.25, 0.3) is 0 Å². The summed E-state index contributed by atoms with van der Waals surface area (Å²) in [6, 6.07) is 6.65. The molecule has 3 rings (SSSR count). The van der Waals surface area contributed by atoms with E-state index in [4.69, 9.17) is 0 Å². The molecule has 1 spiro atoms. The van der Waals surface area contributed by atoms with Crippen LogP contribution in [0.1, 0.15) is 32.1 Å². The average Bonchev–Trinajstić information content (AvgIpc) is 2.38. The average molecular weight is 265 g/mol. The van der Waals surface area contributed by atoms with Gasteiger partial charge < -0.3 is 5.32 Å². The van der Waals surface area contributed by atoms with Gasteiger partial charge in [0.2, 0.25) is 5.91 Å². The Morgan fingerprint density at radius 1 is 1.06 bits per heavy atom. The van der Waals surface area contributed by atoms with Gasteiger partial charge in [0.05, 0.1) is 10.6 Å². The molecule has 1 aromatic carbocycles. The molecule has 2 aliphatic rings. The van der Waals surface area contributed by atoms with Gasteiger partial charge >= 0.3 is 0 Å². The van der Waals surface area contributed by atoms with Crippen LogP contribution in [0.2, 0.25) is 0 Å². The number of para-hydroxylation sites is 1. The number of fused-ring (bicyclic) bond motifs is 1. The van der Waals surface area contributed by atoms with Crippen molar-refractivity contribution in [1.29, 1.82) is 0 Å². The molecule has 1 aliphatic carbocycles. The van der Waals surface area contributed by atoms with Crippen molar-refractivity contribution in [2.45, 2.75) is 41.7 Å². The van der Waals surface area contributed by atoms with E-state index in [2.05, 4.69) is 5.32 Å². The second-order valence-electron chi connectivity index (χ2n) is 5.01. The van der Waals surface area contributed by atoms with E-state index in [1.807, 2.05) is 0 Å². The van der Waals surface area contributed by atoms with Crippen LogP contribution >= 0.6 is 0 Å². The molecule has 1 aliphatic heterocycles. The second-order valence-corrected chi connectivity index (χ2v) is 7.24. The highest BCUT2D eigenvalue weighted by atomic mass is 32.2. The van der Waals surface area contributed by atoms with Gasteiger partial charge in [0.1, 0.15) is 0 Å². The van der Waals surface area contributed by atoms with E-state index >= 15 is 0 Å². The number of hydrogen-bond donors (Lipinski definition) is 1. The summed E-state index contributed by atoms with van der Waals surface area (Å²) >= 11 is 0. The predicted molar refractivity (Wildman–Crippen MR) is 68.1 cm³/mol. The Morgan fingerprint density at radius 2 is 1.72 bits per heavy atom. The van der Waals surface area contributed by atoms with Gasteiger partial charge in [-0.15, -0.1) is 0 Å². The van der Waals surface area contributed by atoms with E-state index in [1.165, 1.54) is 0 Å². The molecule has 1 amide bonds. The Labute approximate surface area is 106 Å². The minimum atomic E-state index is -3.57. The first kappa shape index (κ1) is 11.7. The fraction of sp³-hybridized carbons (Fsp3) is 0.462. The number of sulfone groups is 1. The number of benzene rings is 1.